The van der Waals surface area contributed by atoms with Gasteiger partial charge < -0.3 is 20.5 Å². The quantitative estimate of drug-likeness (QED) is 0.638. The third-order valence-electron chi connectivity index (χ3n) is 2.54. The Morgan fingerprint density at radius 3 is 2.81 bits per heavy atom. The van der Waals surface area contributed by atoms with E-state index in [0.717, 1.165) is 0 Å². The smallest absolute Gasteiger partial charge is 0.314 e. The van der Waals surface area contributed by atoms with Crippen LogP contribution in [0.3, 0.4) is 0 Å². The first-order valence-corrected chi connectivity index (χ1v) is 6.63. The first-order chi connectivity index (χ1) is 9.97. The molecule has 0 saturated carbocycles. The maximum Gasteiger partial charge on any atom is 0.314 e. The minimum Gasteiger partial charge on any atom is -0.489 e. The molecule has 1 aromatic carbocycles. The minimum atomic E-state index is -0.894. The van der Waals surface area contributed by atoms with E-state index < -0.39 is 12.0 Å². The van der Waals surface area contributed by atoms with Crippen LogP contribution < -0.4 is 15.4 Å². The number of carboxylic acids is 1. The van der Waals surface area contributed by atoms with Crippen LogP contribution in [0.15, 0.2) is 24.3 Å². The highest BCUT2D eigenvalue weighted by Crippen LogP contribution is 2.13. The van der Waals surface area contributed by atoms with Gasteiger partial charge in [0.15, 0.2) is 0 Å². The topological polar surface area (TPSA) is 87.7 Å². The summed E-state index contributed by atoms with van der Waals surface area (Å²) in [5.74, 6) is -0.885. The van der Waals surface area contributed by atoms with Gasteiger partial charge in [-0.15, -0.1) is 0 Å². The second kappa shape index (κ2) is 8.78. The summed E-state index contributed by atoms with van der Waals surface area (Å²) in [7, 11) is 0. The summed E-state index contributed by atoms with van der Waals surface area (Å²) in [6.45, 7) is 2.29. The van der Waals surface area contributed by atoms with E-state index in [1.54, 1.807) is 19.1 Å². The zero-order valence-electron chi connectivity index (χ0n) is 11.8. The number of hydrogen-bond donors (Lipinski definition) is 3. The van der Waals surface area contributed by atoms with Crippen LogP contribution in [-0.4, -0.2) is 36.3 Å². The lowest BCUT2D eigenvalue weighted by molar-refractivity contribution is -0.137. The van der Waals surface area contributed by atoms with Gasteiger partial charge in [-0.25, -0.2) is 9.18 Å². The monoisotopic (exact) mass is 298 g/mol. The van der Waals surface area contributed by atoms with Crippen LogP contribution in [0, 0.1) is 5.82 Å². The Hall–Kier alpha value is -2.31. The molecule has 3 N–H and O–H groups in total. The molecule has 0 fully saturated rings. The molecule has 6 nitrogen and oxygen atoms in total. The van der Waals surface area contributed by atoms with Crippen LogP contribution in [-0.2, 0) is 4.79 Å². The van der Waals surface area contributed by atoms with Crippen LogP contribution in [0.2, 0.25) is 0 Å². The molecule has 0 heterocycles. The second-order valence-corrected chi connectivity index (χ2v) is 4.52. The van der Waals surface area contributed by atoms with E-state index in [1.165, 1.54) is 12.1 Å². The number of urea groups is 1. The van der Waals surface area contributed by atoms with Crippen molar-refractivity contribution in [3.05, 3.63) is 30.1 Å². The average Bonchev–Trinajstić information content (AvgIpc) is 2.41. The van der Waals surface area contributed by atoms with Crippen molar-refractivity contribution in [2.75, 3.05) is 13.1 Å². The minimum absolute atomic E-state index is 0.0133. The molecule has 0 saturated heterocycles. The van der Waals surface area contributed by atoms with Gasteiger partial charge in [-0.05, 0) is 25.5 Å². The molecule has 0 bridgehead atoms. The Morgan fingerprint density at radius 1 is 1.38 bits per heavy atom. The molecular weight excluding hydrogens is 279 g/mol. The number of aliphatic carboxylic acids is 1. The lowest BCUT2D eigenvalue weighted by atomic mass is 10.3. The summed E-state index contributed by atoms with van der Waals surface area (Å²) in [4.78, 5) is 21.7. The maximum atomic E-state index is 13.0. The van der Waals surface area contributed by atoms with Crippen molar-refractivity contribution in [3.63, 3.8) is 0 Å². The van der Waals surface area contributed by atoms with Crippen molar-refractivity contribution in [1.82, 2.24) is 10.6 Å². The number of rotatable bonds is 8. The van der Waals surface area contributed by atoms with E-state index in [9.17, 15) is 14.0 Å². The highest BCUT2D eigenvalue weighted by atomic mass is 19.1. The zero-order valence-corrected chi connectivity index (χ0v) is 11.8. The van der Waals surface area contributed by atoms with Gasteiger partial charge in [0.2, 0.25) is 0 Å². The lowest BCUT2D eigenvalue weighted by Gasteiger charge is -2.15. The van der Waals surface area contributed by atoms with Gasteiger partial charge in [0.25, 0.3) is 0 Å². The molecule has 0 aliphatic carbocycles. The zero-order chi connectivity index (χ0) is 15.7. The predicted octanol–water partition coefficient (Wildman–Crippen LogP) is 1.76. The molecule has 0 aliphatic heterocycles. The Morgan fingerprint density at radius 2 is 2.14 bits per heavy atom. The summed E-state index contributed by atoms with van der Waals surface area (Å²) in [6.07, 6.45) is 0.0638. The van der Waals surface area contributed by atoms with Crippen molar-refractivity contribution >= 4 is 12.0 Å². The summed E-state index contributed by atoms with van der Waals surface area (Å²) in [5, 5.41) is 13.6. The van der Waals surface area contributed by atoms with Crippen molar-refractivity contribution < 1.29 is 23.8 Å². The number of carboxylic acid groups (broad SMARTS) is 1. The number of ether oxygens (including phenoxy) is 1. The van der Waals surface area contributed by atoms with E-state index >= 15 is 0 Å². The highest BCUT2D eigenvalue weighted by molar-refractivity contribution is 5.73. The van der Waals surface area contributed by atoms with Crippen molar-refractivity contribution in [2.24, 2.45) is 0 Å². The summed E-state index contributed by atoms with van der Waals surface area (Å²) in [5.41, 5.74) is 0. The molecule has 2 amide bonds. The van der Waals surface area contributed by atoms with Gasteiger partial charge in [0.05, 0.1) is 6.54 Å². The molecule has 0 radical (unpaired) electrons. The fourth-order valence-electron chi connectivity index (χ4n) is 1.55. The summed E-state index contributed by atoms with van der Waals surface area (Å²) < 4.78 is 18.4. The third-order valence-corrected chi connectivity index (χ3v) is 2.54. The Kier molecular flexibility index (Phi) is 7.00. The first-order valence-electron chi connectivity index (χ1n) is 6.63. The normalized spacial score (nSPS) is 11.5. The van der Waals surface area contributed by atoms with Gasteiger partial charge in [-0.1, -0.05) is 6.07 Å². The number of halogens is 1. The van der Waals surface area contributed by atoms with Crippen LogP contribution in [0.5, 0.6) is 5.75 Å². The molecule has 116 valence electrons. The predicted molar refractivity (Wildman–Crippen MR) is 74.8 cm³/mol. The van der Waals surface area contributed by atoms with E-state index in [1.807, 2.05) is 0 Å². The first kappa shape index (κ1) is 16.7. The third kappa shape index (κ3) is 7.76. The van der Waals surface area contributed by atoms with Crippen LogP contribution in [0.25, 0.3) is 0 Å². The number of hydrogen-bond acceptors (Lipinski definition) is 3. The van der Waals surface area contributed by atoms with Gasteiger partial charge in [0, 0.05) is 19.0 Å². The maximum absolute atomic E-state index is 13.0. The van der Waals surface area contributed by atoms with Crippen molar-refractivity contribution in [2.45, 2.75) is 25.9 Å². The average molecular weight is 298 g/mol. The van der Waals surface area contributed by atoms with Crippen molar-refractivity contribution in [1.29, 1.82) is 0 Å². The molecule has 21 heavy (non-hydrogen) atoms. The van der Waals surface area contributed by atoms with Gasteiger partial charge >= 0.3 is 12.0 Å². The summed E-state index contributed by atoms with van der Waals surface area (Å²) in [6, 6.07) is 5.36. The van der Waals surface area contributed by atoms with E-state index in [0.29, 0.717) is 12.2 Å². The van der Waals surface area contributed by atoms with Crippen LogP contribution >= 0.6 is 0 Å². The molecule has 0 aliphatic rings. The Balaban J connectivity index is 2.18. The van der Waals surface area contributed by atoms with Crippen LogP contribution in [0.1, 0.15) is 19.8 Å². The van der Waals surface area contributed by atoms with Gasteiger partial charge in [-0.2, -0.15) is 0 Å². The molecule has 1 atom stereocenters. The number of carbonyl (C=O) groups is 2. The molecule has 1 unspecified atom stereocenters. The number of carbonyl (C=O) groups excluding carboxylic acids is 1. The Labute approximate surface area is 122 Å². The standard InChI is InChI=1S/C14H19FN2O4/c1-10(21-12-5-2-4-11(15)8-12)9-17-14(20)16-7-3-6-13(18)19/h2,4-5,8,10H,3,6-7,9H2,1H3,(H,18,19)(H2,16,17,20). The SMILES string of the molecule is CC(CNC(=O)NCCCC(=O)O)Oc1cccc(F)c1. The fraction of sp³-hybridized carbons (Fsp3) is 0.429. The number of nitrogens with one attached hydrogen (secondary N) is 2. The van der Waals surface area contributed by atoms with E-state index in [4.69, 9.17) is 9.84 Å². The lowest BCUT2D eigenvalue weighted by Crippen LogP contribution is -2.40. The molecule has 1 aromatic rings. The van der Waals surface area contributed by atoms with Gasteiger partial charge in [-0.3, -0.25) is 4.79 Å². The van der Waals surface area contributed by atoms with Crippen LogP contribution in [0.4, 0.5) is 9.18 Å². The van der Waals surface area contributed by atoms with E-state index in [2.05, 4.69) is 10.6 Å². The number of benzene rings is 1. The fourth-order valence-corrected chi connectivity index (χ4v) is 1.55. The molecule has 7 heteroatoms. The largest absolute Gasteiger partial charge is 0.489 e. The van der Waals surface area contributed by atoms with E-state index in [-0.39, 0.29) is 31.4 Å². The second-order valence-electron chi connectivity index (χ2n) is 4.52. The van der Waals surface area contributed by atoms with Crippen molar-refractivity contribution in [3.8, 4) is 5.75 Å². The molecule has 1 rings (SSSR count). The highest BCUT2D eigenvalue weighted by Gasteiger charge is 2.07. The molecular formula is C14H19FN2O4. The molecule has 0 aromatic heterocycles. The molecule has 0 spiro atoms. The van der Waals surface area contributed by atoms with Gasteiger partial charge in [0.1, 0.15) is 17.7 Å². The number of amides is 2. The summed E-state index contributed by atoms with van der Waals surface area (Å²) >= 11 is 0. The Bertz CT molecular complexity index is 482.